The summed E-state index contributed by atoms with van der Waals surface area (Å²) in [5.41, 5.74) is 1.19. The van der Waals surface area contributed by atoms with Gasteiger partial charge in [-0.05, 0) is 36.7 Å². The predicted molar refractivity (Wildman–Crippen MR) is 77.7 cm³/mol. The summed E-state index contributed by atoms with van der Waals surface area (Å²) in [7, 11) is 0. The quantitative estimate of drug-likeness (QED) is 0.823. The second-order valence-corrected chi connectivity index (χ2v) is 5.36. The molecule has 0 amide bonds. The lowest BCUT2D eigenvalue weighted by Crippen LogP contribution is -2.16. The maximum absolute atomic E-state index is 5.97. The topological polar surface area (TPSA) is 29.9 Å². The van der Waals surface area contributed by atoms with Crippen LogP contribution in [0.15, 0.2) is 41.4 Å². The van der Waals surface area contributed by atoms with Gasteiger partial charge in [0.15, 0.2) is 0 Å². The second-order valence-electron chi connectivity index (χ2n) is 4.07. The summed E-state index contributed by atoms with van der Waals surface area (Å²) in [6.45, 7) is 2.78. The van der Waals surface area contributed by atoms with Crippen molar-refractivity contribution >= 4 is 27.5 Å². The molecule has 18 heavy (non-hydrogen) atoms. The second kappa shape index (κ2) is 6.92. The Kier molecular flexibility index (Phi) is 5.23. The van der Waals surface area contributed by atoms with E-state index in [1.54, 1.807) is 6.20 Å². The highest BCUT2D eigenvalue weighted by Gasteiger charge is 2.00. The molecule has 1 N–H and O–H groups in total. The number of imidazole rings is 1. The number of rotatable bonds is 6. The average Bonchev–Trinajstić information content (AvgIpc) is 2.86. The van der Waals surface area contributed by atoms with Crippen LogP contribution in [0.25, 0.3) is 0 Å². The average molecular weight is 329 g/mol. The summed E-state index contributed by atoms with van der Waals surface area (Å²) < 4.78 is 3.17. The van der Waals surface area contributed by atoms with Crippen molar-refractivity contribution in [1.82, 2.24) is 14.9 Å². The number of aryl methyl sites for hydroxylation is 1. The lowest BCUT2D eigenvalue weighted by molar-refractivity contribution is 0.580. The minimum Gasteiger partial charge on any atom is -0.337 e. The van der Waals surface area contributed by atoms with E-state index in [2.05, 4.69) is 30.8 Å². The number of nitrogens with one attached hydrogen (secondary N) is 1. The Hall–Kier alpha value is -0.840. The predicted octanol–water partition coefficient (Wildman–Crippen LogP) is 3.48. The van der Waals surface area contributed by atoms with Crippen molar-refractivity contribution in [2.24, 2.45) is 0 Å². The van der Waals surface area contributed by atoms with Crippen LogP contribution in [0.3, 0.4) is 0 Å². The molecule has 0 fully saturated rings. The summed E-state index contributed by atoms with van der Waals surface area (Å²) >= 11 is 9.49. The van der Waals surface area contributed by atoms with Crippen LogP contribution in [0.5, 0.6) is 0 Å². The maximum Gasteiger partial charge on any atom is 0.0945 e. The minimum absolute atomic E-state index is 0.772. The summed E-state index contributed by atoms with van der Waals surface area (Å²) in [5, 5.41) is 4.18. The van der Waals surface area contributed by atoms with Gasteiger partial charge in [0, 0.05) is 35.0 Å². The summed E-state index contributed by atoms with van der Waals surface area (Å²) in [5.74, 6) is 0. The third-order valence-corrected chi connectivity index (χ3v) is 3.66. The van der Waals surface area contributed by atoms with Gasteiger partial charge in [-0.2, -0.15) is 0 Å². The molecule has 1 aromatic carbocycles. The number of halogens is 2. The molecule has 0 unspecified atom stereocenters. The van der Waals surface area contributed by atoms with Gasteiger partial charge in [0.25, 0.3) is 0 Å². The first-order valence-electron chi connectivity index (χ1n) is 5.86. The van der Waals surface area contributed by atoms with Crippen molar-refractivity contribution in [3.05, 3.63) is 52.0 Å². The minimum atomic E-state index is 0.772. The molecule has 0 spiro atoms. The van der Waals surface area contributed by atoms with Crippen molar-refractivity contribution in [3.63, 3.8) is 0 Å². The zero-order valence-corrected chi connectivity index (χ0v) is 12.3. The molecule has 1 aromatic heterocycles. The van der Waals surface area contributed by atoms with Gasteiger partial charge in [-0.3, -0.25) is 0 Å². The molecule has 3 nitrogen and oxygen atoms in total. The zero-order valence-electron chi connectivity index (χ0n) is 9.94. The van der Waals surface area contributed by atoms with E-state index < -0.39 is 0 Å². The normalized spacial score (nSPS) is 10.8. The molecule has 96 valence electrons. The summed E-state index contributed by atoms with van der Waals surface area (Å²) in [6.07, 6.45) is 6.70. The number of hydrogen-bond acceptors (Lipinski definition) is 2. The molecule has 5 heteroatoms. The number of benzene rings is 1. The van der Waals surface area contributed by atoms with Crippen LogP contribution in [-0.4, -0.2) is 16.1 Å². The van der Waals surface area contributed by atoms with Crippen LogP contribution in [-0.2, 0) is 13.1 Å². The molecule has 0 atom stereocenters. The maximum atomic E-state index is 5.97. The molecule has 0 saturated heterocycles. The Morgan fingerprint density at radius 3 is 3.06 bits per heavy atom. The van der Waals surface area contributed by atoms with Crippen molar-refractivity contribution in [3.8, 4) is 0 Å². The van der Waals surface area contributed by atoms with E-state index in [1.165, 1.54) is 5.56 Å². The van der Waals surface area contributed by atoms with Crippen molar-refractivity contribution in [1.29, 1.82) is 0 Å². The van der Waals surface area contributed by atoms with Crippen molar-refractivity contribution in [2.75, 3.05) is 6.54 Å². The number of hydrogen-bond donors (Lipinski definition) is 1. The SMILES string of the molecule is Clc1ccc(Br)c(CNCCCn2ccnc2)c1. The molecule has 0 aliphatic heterocycles. The van der Waals surface area contributed by atoms with E-state index in [9.17, 15) is 0 Å². The zero-order chi connectivity index (χ0) is 12.8. The lowest BCUT2D eigenvalue weighted by atomic mass is 10.2. The van der Waals surface area contributed by atoms with Crippen LogP contribution < -0.4 is 5.32 Å². The fourth-order valence-electron chi connectivity index (χ4n) is 1.71. The van der Waals surface area contributed by atoms with E-state index in [4.69, 9.17) is 11.6 Å². The van der Waals surface area contributed by atoms with Gasteiger partial charge in [-0.25, -0.2) is 4.98 Å². The molecule has 0 aliphatic rings. The van der Waals surface area contributed by atoms with Gasteiger partial charge in [0.05, 0.1) is 6.33 Å². The van der Waals surface area contributed by atoms with Crippen molar-refractivity contribution in [2.45, 2.75) is 19.5 Å². The molecular formula is C13H15BrClN3. The number of nitrogens with zero attached hydrogens (tertiary/aromatic N) is 2. The van der Waals surface area contributed by atoms with Gasteiger partial charge < -0.3 is 9.88 Å². The van der Waals surface area contributed by atoms with Crippen LogP contribution in [0, 0.1) is 0 Å². The highest BCUT2D eigenvalue weighted by molar-refractivity contribution is 9.10. The van der Waals surface area contributed by atoms with Crippen LogP contribution >= 0.6 is 27.5 Å². The first kappa shape index (κ1) is 13.6. The molecule has 2 aromatic rings. The Morgan fingerprint density at radius 1 is 1.39 bits per heavy atom. The van der Waals surface area contributed by atoms with E-state index >= 15 is 0 Å². The Morgan fingerprint density at radius 2 is 2.28 bits per heavy atom. The number of aromatic nitrogens is 2. The Bertz CT molecular complexity index is 485. The fraction of sp³-hybridized carbons (Fsp3) is 0.308. The van der Waals surface area contributed by atoms with Crippen LogP contribution in [0.1, 0.15) is 12.0 Å². The van der Waals surface area contributed by atoms with E-state index in [0.29, 0.717) is 0 Å². The molecular weight excluding hydrogens is 314 g/mol. The smallest absolute Gasteiger partial charge is 0.0945 e. The Balaban J connectivity index is 1.70. The van der Waals surface area contributed by atoms with E-state index in [-0.39, 0.29) is 0 Å². The third kappa shape index (κ3) is 4.12. The lowest BCUT2D eigenvalue weighted by Gasteiger charge is -2.07. The third-order valence-electron chi connectivity index (χ3n) is 2.65. The first-order chi connectivity index (χ1) is 8.75. The van der Waals surface area contributed by atoms with Gasteiger partial charge in [0.1, 0.15) is 0 Å². The monoisotopic (exact) mass is 327 g/mol. The molecule has 0 saturated carbocycles. The summed E-state index contributed by atoms with van der Waals surface area (Å²) in [6, 6.07) is 5.84. The van der Waals surface area contributed by atoms with Gasteiger partial charge in [-0.15, -0.1) is 0 Å². The standard InChI is InChI=1S/C13H15BrClN3/c14-13-3-2-12(15)8-11(13)9-16-4-1-6-18-7-5-17-10-18/h2-3,5,7-8,10,16H,1,4,6,9H2. The molecule has 0 aliphatic carbocycles. The van der Waals surface area contributed by atoms with E-state index in [0.717, 1.165) is 35.6 Å². The highest BCUT2D eigenvalue weighted by atomic mass is 79.9. The molecule has 0 bridgehead atoms. The van der Waals surface area contributed by atoms with E-state index in [1.807, 2.05) is 30.7 Å². The molecule has 0 radical (unpaired) electrons. The fourth-order valence-corrected chi connectivity index (χ4v) is 2.29. The highest BCUT2D eigenvalue weighted by Crippen LogP contribution is 2.20. The Labute approximate surface area is 120 Å². The largest absolute Gasteiger partial charge is 0.337 e. The van der Waals surface area contributed by atoms with Crippen LogP contribution in [0.4, 0.5) is 0 Å². The first-order valence-corrected chi connectivity index (χ1v) is 7.03. The molecule has 2 rings (SSSR count). The van der Waals surface area contributed by atoms with Gasteiger partial charge >= 0.3 is 0 Å². The van der Waals surface area contributed by atoms with Gasteiger partial charge in [0.2, 0.25) is 0 Å². The molecule has 1 heterocycles. The van der Waals surface area contributed by atoms with Crippen LogP contribution in [0.2, 0.25) is 5.02 Å². The summed E-state index contributed by atoms with van der Waals surface area (Å²) in [4.78, 5) is 4.01. The van der Waals surface area contributed by atoms with Gasteiger partial charge in [-0.1, -0.05) is 27.5 Å². The van der Waals surface area contributed by atoms with Crippen molar-refractivity contribution < 1.29 is 0 Å².